The van der Waals surface area contributed by atoms with Crippen molar-refractivity contribution in [3.8, 4) is 0 Å². The summed E-state index contributed by atoms with van der Waals surface area (Å²) in [4.78, 5) is 32.9. The third-order valence-corrected chi connectivity index (χ3v) is 6.92. The van der Waals surface area contributed by atoms with Crippen LogP contribution in [0.1, 0.15) is 65.8 Å². The molecule has 3 aromatic rings. The highest BCUT2D eigenvalue weighted by molar-refractivity contribution is 6.09. The summed E-state index contributed by atoms with van der Waals surface area (Å²) in [5, 5.41) is 2.96. The highest BCUT2D eigenvalue weighted by Gasteiger charge is 2.27. The first-order valence-electron chi connectivity index (χ1n) is 12.1. The zero-order chi connectivity index (χ0) is 23.7. The molecule has 2 aromatic carbocycles. The van der Waals surface area contributed by atoms with E-state index in [1.165, 1.54) is 12.8 Å². The third-order valence-electron chi connectivity index (χ3n) is 6.92. The molecule has 178 valence electrons. The normalized spacial score (nSPS) is 20.6. The van der Waals surface area contributed by atoms with Gasteiger partial charge in [0.2, 0.25) is 0 Å². The summed E-state index contributed by atoms with van der Waals surface area (Å²) in [6.07, 6.45) is 7.38. The number of nitrogens with one attached hydrogen (secondary N) is 3. The summed E-state index contributed by atoms with van der Waals surface area (Å²) in [5.74, 6) is -0.279. The summed E-state index contributed by atoms with van der Waals surface area (Å²) in [6, 6.07) is 13.7. The van der Waals surface area contributed by atoms with Gasteiger partial charge in [0.25, 0.3) is 11.8 Å². The molecule has 3 N–H and O–H groups in total. The maximum Gasteiger partial charge on any atom is 0.255 e. The van der Waals surface area contributed by atoms with Crippen molar-refractivity contribution in [1.82, 2.24) is 25.3 Å². The lowest BCUT2D eigenvalue weighted by Crippen LogP contribution is -2.41. The van der Waals surface area contributed by atoms with E-state index in [1.54, 1.807) is 23.1 Å². The monoisotopic (exact) mass is 460 g/mol. The van der Waals surface area contributed by atoms with E-state index < -0.39 is 0 Å². The van der Waals surface area contributed by atoms with Crippen molar-refractivity contribution < 1.29 is 9.59 Å². The highest BCUT2D eigenvalue weighted by Crippen LogP contribution is 2.34. The van der Waals surface area contributed by atoms with E-state index in [4.69, 9.17) is 0 Å². The minimum Gasteiger partial charge on any atom is -0.340 e. The van der Waals surface area contributed by atoms with Crippen LogP contribution in [0.25, 0.3) is 11.0 Å². The van der Waals surface area contributed by atoms with E-state index in [0.29, 0.717) is 35.4 Å². The molecule has 2 fully saturated rings. The number of likely N-dealkylation sites (N-methyl/N-ethyl adjacent to an activating group) is 1. The minimum atomic E-state index is -0.211. The Labute approximate surface area is 199 Å². The largest absolute Gasteiger partial charge is 0.340 e. The number of hydrogen-bond donors (Lipinski definition) is 3. The van der Waals surface area contributed by atoms with E-state index in [2.05, 4.69) is 32.6 Å². The maximum atomic E-state index is 13.7. The molecule has 8 nitrogen and oxygen atoms in total. The summed E-state index contributed by atoms with van der Waals surface area (Å²) < 4.78 is 2.17. The predicted molar refractivity (Wildman–Crippen MR) is 133 cm³/mol. The second kappa shape index (κ2) is 9.56. The van der Waals surface area contributed by atoms with Crippen LogP contribution in [0.15, 0.2) is 48.8 Å². The van der Waals surface area contributed by atoms with Crippen LogP contribution < -0.4 is 16.2 Å². The molecule has 2 atom stereocenters. The van der Waals surface area contributed by atoms with Gasteiger partial charge in [-0.05, 0) is 50.5 Å². The molecule has 1 saturated carbocycles. The van der Waals surface area contributed by atoms with Gasteiger partial charge in [0.15, 0.2) is 0 Å². The van der Waals surface area contributed by atoms with Crippen molar-refractivity contribution >= 4 is 28.5 Å². The fourth-order valence-electron chi connectivity index (χ4n) is 5.20. The van der Waals surface area contributed by atoms with Gasteiger partial charge in [-0.3, -0.25) is 20.4 Å². The molecular formula is C26H32N6O2. The number of hydrazine groups is 1. The number of aromatic nitrogens is 2. The maximum absolute atomic E-state index is 13.7. The first-order valence-corrected chi connectivity index (χ1v) is 12.1. The Kier molecular flexibility index (Phi) is 6.34. The molecule has 1 saturated heterocycles. The molecule has 0 bridgehead atoms. The molecule has 0 radical (unpaired) electrons. The van der Waals surface area contributed by atoms with Gasteiger partial charge in [0, 0.05) is 43.0 Å². The van der Waals surface area contributed by atoms with E-state index in [9.17, 15) is 9.59 Å². The average Bonchev–Trinajstić information content (AvgIpc) is 3.59. The summed E-state index contributed by atoms with van der Waals surface area (Å²) >= 11 is 0. The first-order chi connectivity index (χ1) is 16.5. The number of carbonyl (C=O) groups excluding carboxylic acids is 2. The van der Waals surface area contributed by atoms with Crippen molar-refractivity contribution in [3.63, 3.8) is 0 Å². The summed E-state index contributed by atoms with van der Waals surface area (Å²) in [7, 11) is 1.84. The van der Waals surface area contributed by atoms with Crippen molar-refractivity contribution in [3.05, 3.63) is 59.9 Å². The Morgan fingerprint density at radius 3 is 2.62 bits per heavy atom. The summed E-state index contributed by atoms with van der Waals surface area (Å²) in [6.45, 7) is 2.72. The number of anilines is 1. The molecule has 0 spiro atoms. The van der Waals surface area contributed by atoms with Crippen LogP contribution in [0.4, 0.5) is 5.69 Å². The lowest BCUT2D eigenvalue weighted by Gasteiger charge is -2.23. The number of benzene rings is 2. The molecule has 5 rings (SSSR count). The Hall–Kier alpha value is -3.23. The summed E-state index contributed by atoms with van der Waals surface area (Å²) in [5.41, 5.74) is 9.79. The molecule has 34 heavy (non-hydrogen) atoms. The van der Waals surface area contributed by atoms with Crippen LogP contribution >= 0.6 is 0 Å². The number of imidazole rings is 1. The van der Waals surface area contributed by atoms with Gasteiger partial charge < -0.3 is 14.8 Å². The van der Waals surface area contributed by atoms with Gasteiger partial charge in [-0.15, -0.1) is 0 Å². The van der Waals surface area contributed by atoms with E-state index in [1.807, 2.05) is 37.6 Å². The predicted octanol–water partition coefficient (Wildman–Crippen LogP) is 3.73. The van der Waals surface area contributed by atoms with E-state index in [0.717, 1.165) is 30.3 Å². The second-order valence-corrected chi connectivity index (χ2v) is 9.61. The number of fused-ring (bicyclic) bond motifs is 1. The van der Waals surface area contributed by atoms with Crippen molar-refractivity contribution in [2.24, 2.45) is 0 Å². The third kappa shape index (κ3) is 4.56. The molecule has 2 amide bonds. The Bertz CT molecular complexity index is 1180. The zero-order valence-electron chi connectivity index (χ0n) is 19.8. The second-order valence-electron chi connectivity index (χ2n) is 9.61. The standard InChI is InChI=1S/C26H32N6O2/c1-17-12-20(30-29-17)15-31(2)26(34)22-13-19(28-25(33)18-8-4-3-5-9-18)14-23-24(22)32(16-27-23)21-10-6-7-11-21/h3-5,8-9,13-14,16-17,20-21,29-30H,6-7,10-12,15H2,1-2H3,(H,28,33). The van der Waals surface area contributed by atoms with E-state index in [-0.39, 0.29) is 17.9 Å². The van der Waals surface area contributed by atoms with Gasteiger partial charge >= 0.3 is 0 Å². The van der Waals surface area contributed by atoms with Crippen molar-refractivity contribution in [1.29, 1.82) is 0 Å². The number of nitrogens with zero attached hydrogens (tertiary/aromatic N) is 3. The van der Waals surface area contributed by atoms with Gasteiger partial charge in [0.1, 0.15) is 0 Å². The number of amides is 2. The van der Waals surface area contributed by atoms with Crippen LogP contribution in [0.5, 0.6) is 0 Å². The van der Waals surface area contributed by atoms with Crippen LogP contribution in [0.3, 0.4) is 0 Å². The quantitative estimate of drug-likeness (QED) is 0.521. The van der Waals surface area contributed by atoms with Gasteiger partial charge in [-0.25, -0.2) is 4.98 Å². The molecule has 2 aliphatic rings. The van der Waals surface area contributed by atoms with Gasteiger partial charge in [-0.2, -0.15) is 0 Å². The molecule has 1 aliphatic heterocycles. The molecule has 2 heterocycles. The van der Waals surface area contributed by atoms with Crippen LogP contribution in [0.2, 0.25) is 0 Å². The fourth-order valence-corrected chi connectivity index (χ4v) is 5.20. The van der Waals surface area contributed by atoms with Crippen molar-refractivity contribution in [2.75, 3.05) is 18.9 Å². The van der Waals surface area contributed by atoms with Crippen LogP contribution in [-0.2, 0) is 0 Å². The number of rotatable bonds is 6. The van der Waals surface area contributed by atoms with Gasteiger partial charge in [0.05, 0.1) is 22.9 Å². The van der Waals surface area contributed by atoms with Crippen LogP contribution in [-0.4, -0.2) is 51.9 Å². The first kappa shape index (κ1) is 22.6. The highest BCUT2D eigenvalue weighted by atomic mass is 16.2. The number of hydrogen-bond acceptors (Lipinski definition) is 5. The Morgan fingerprint density at radius 1 is 1.15 bits per heavy atom. The van der Waals surface area contributed by atoms with Gasteiger partial charge in [-0.1, -0.05) is 31.0 Å². The van der Waals surface area contributed by atoms with E-state index >= 15 is 0 Å². The molecule has 8 heteroatoms. The zero-order valence-corrected chi connectivity index (χ0v) is 19.8. The average molecular weight is 461 g/mol. The van der Waals surface area contributed by atoms with Crippen molar-refractivity contribution in [2.45, 2.75) is 57.2 Å². The lowest BCUT2D eigenvalue weighted by molar-refractivity contribution is 0.0784. The molecular weight excluding hydrogens is 428 g/mol. The Morgan fingerprint density at radius 2 is 1.91 bits per heavy atom. The molecule has 1 aromatic heterocycles. The molecule has 2 unspecified atom stereocenters. The topological polar surface area (TPSA) is 91.3 Å². The molecule has 1 aliphatic carbocycles. The van der Waals surface area contributed by atoms with Crippen LogP contribution in [0, 0.1) is 0 Å². The number of carbonyl (C=O) groups is 2. The minimum absolute atomic E-state index is 0.0677. The Balaban J connectivity index is 1.49. The SMILES string of the molecule is CC1CC(CN(C)C(=O)c2cc(NC(=O)c3ccccc3)cc3ncn(C4CCCC4)c23)NN1. The smallest absolute Gasteiger partial charge is 0.255 e. The fraction of sp³-hybridized carbons (Fsp3) is 0.423. The lowest BCUT2D eigenvalue weighted by atomic mass is 10.1.